The van der Waals surface area contributed by atoms with E-state index in [1.807, 2.05) is 38.1 Å². The van der Waals surface area contributed by atoms with E-state index in [4.69, 9.17) is 16.3 Å². The number of hydrogen-bond acceptors (Lipinski definition) is 3. The molecule has 1 unspecified atom stereocenters. The number of sulfonamides is 1. The van der Waals surface area contributed by atoms with Crippen LogP contribution in [0, 0.1) is 5.92 Å². The van der Waals surface area contributed by atoms with Gasteiger partial charge in [-0.05, 0) is 30.5 Å². The normalized spacial score (nSPS) is 14.9. The molecular weight excluding hydrogens is 286 g/mol. The molecular formula is C13H20ClNO3S. The minimum absolute atomic E-state index is 0.0387. The number of benzene rings is 1. The van der Waals surface area contributed by atoms with Crippen molar-refractivity contribution in [2.75, 3.05) is 18.7 Å². The van der Waals surface area contributed by atoms with Gasteiger partial charge in [0.2, 0.25) is 10.0 Å². The molecule has 0 fully saturated rings. The molecule has 108 valence electrons. The largest absolute Gasteiger partial charge is 0.497 e. The third-order valence-corrected chi connectivity index (χ3v) is 4.99. The van der Waals surface area contributed by atoms with Crippen molar-refractivity contribution in [3.05, 3.63) is 29.8 Å². The van der Waals surface area contributed by atoms with E-state index in [1.54, 1.807) is 7.11 Å². The van der Waals surface area contributed by atoms with Crippen LogP contribution in [0.3, 0.4) is 0 Å². The van der Waals surface area contributed by atoms with Gasteiger partial charge in [-0.1, -0.05) is 19.1 Å². The third kappa shape index (κ3) is 5.38. The first-order chi connectivity index (χ1) is 8.88. The summed E-state index contributed by atoms with van der Waals surface area (Å²) < 4.78 is 31.5. The van der Waals surface area contributed by atoms with Crippen LogP contribution in [0.2, 0.25) is 0 Å². The summed E-state index contributed by atoms with van der Waals surface area (Å²) in [7, 11) is -1.73. The molecule has 0 radical (unpaired) electrons. The molecule has 0 aromatic heterocycles. The second kappa shape index (κ2) is 7.12. The maximum Gasteiger partial charge on any atom is 0.212 e. The molecule has 0 saturated heterocycles. The van der Waals surface area contributed by atoms with Crippen LogP contribution in [-0.4, -0.2) is 27.2 Å². The van der Waals surface area contributed by atoms with Crippen molar-refractivity contribution in [3.63, 3.8) is 0 Å². The van der Waals surface area contributed by atoms with E-state index in [2.05, 4.69) is 4.72 Å². The van der Waals surface area contributed by atoms with Crippen molar-refractivity contribution in [1.29, 1.82) is 0 Å². The Labute approximate surface area is 120 Å². The summed E-state index contributed by atoms with van der Waals surface area (Å²) in [5.41, 5.74) is 0.892. The van der Waals surface area contributed by atoms with E-state index in [9.17, 15) is 8.42 Å². The highest BCUT2D eigenvalue weighted by atomic mass is 35.5. The number of hydrogen-bond donors (Lipinski definition) is 1. The van der Waals surface area contributed by atoms with Gasteiger partial charge in [0.05, 0.1) is 12.9 Å². The van der Waals surface area contributed by atoms with Crippen molar-refractivity contribution in [3.8, 4) is 5.75 Å². The number of nitrogens with one attached hydrogen (secondary N) is 1. The van der Waals surface area contributed by atoms with E-state index in [-0.39, 0.29) is 17.7 Å². The number of halogens is 1. The quantitative estimate of drug-likeness (QED) is 0.788. The molecule has 0 aliphatic carbocycles. The van der Waals surface area contributed by atoms with Crippen LogP contribution in [0.1, 0.15) is 25.5 Å². The molecule has 0 aliphatic rings. The van der Waals surface area contributed by atoms with Gasteiger partial charge in [0, 0.05) is 11.9 Å². The molecule has 1 aromatic rings. The van der Waals surface area contributed by atoms with Crippen LogP contribution in [0.15, 0.2) is 24.3 Å². The summed E-state index contributed by atoms with van der Waals surface area (Å²) in [6.07, 6.45) is 0. The Bertz CT molecular complexity index is 487. The Morgan fingerprint density at radius 1 is 1.26 bits per heavy atom. The molecule has 0 amide bonds. The smallest absolute Gasteiger partial charge is 0.212 e. The first kappa shape index (κ1) is 16.3. The summed E-state index contributed by atoms with van der Waals surface area (Å²) >= 11 is 5.64. The van der Waals surface area contributed by atoms with Gasteiger partial charge in [0.15, 0.2) is 0 Å². The Balaban J connectivity index is 2.70. The van der Waals surface area contributed by atoms with Crippen molar-refractivity contribution in [1.82, 2.24) is 4.72 Å². The molecule has 0 heterocycles. The van der Waals surface area contributed by atoms with E-state index >= 15 is 0 Å². The van der Waals surface area contributed by atoms with Gasteiger partial charge in [0.25, 0.3) is 0 Å². The molecule has 0 bridgehead atoms. The Kier molecular flexibility index (Phi) is 6.10. The summed E-state index contributed by atoms with van der Waals surface area (Å²) in [5, 5.41) is 0. The first-order valence-electron chi connectivity index (χ1n) is 6.08. The Morgan fingerprint density at radius 3 is 2.32 bits per heavy atom. The molecule has 6 heteroatoms. The van der Waals surface area contributed by atoms with Crippen LogP contribution < -0.4 is 9.46 Å². The predicted molar refractivity (Wildman–Crippen MR) is 78.2 cm³/mol. The fourth-order valence-corrected chi connectivity index (χ4v) is 3.57. The van der Waals surface area contributed by atoms with Crippen LogP contribution in [-0.2, 0) is 10.0 Å². The Hall–Kier alpha value is -0.780. The summed E-state index contributed by atoms with van der Waals surface area (Å²) in [5.74, 6) is 1.05. The van der Waals surface area contributed by atoms with E-state index in [0.717, 1.165) is 11.3 Å². The van der Waals surface area contributed by atoms with Crippen molar-refractivity contribution >= 4 is 21.6 Å². The summed E-state index contributed by atoms with van der Waals surface area (Å²) in [4.78, 5) is 0. The van der Waals surface area contributed by atoms with Gasteiger partial charge in [-0.15, -0.1) is 11.6 Å². The van der Waals surface area contributed by atoms with Crippen molar-refractivity contribution in [2.24, 2.45) is 5.92 Å². The third-order valence-electron chi connectivity index (χ3n) is 2.74. The highest BCUT2D eigenvalue weighted by Crippen LogP contribution is 2.18. The second-order valence-corrected chi connectivity index (χ2v) is 6.76. The zero-order valence-corrected chi connectivity index (χ0v) is 13.0. The summed E-state index contributed by atoms with van der Waals surface area (Å²) in [6, 6.07) is 7.02. The molecule has 19 heavy (non-hydrogen) atoms. The van der Waals surface area contributed by atoms with Crippen LogP contribution in [0.4, 0.5) is 0 Å². The van der Waals surface area contributed by atoms with Gasteiger partial charge < -0.3 is 4.74 Å². The first-order valence-corrected chi connectivity index (χ1v) is 8.26. The highest BCUT2D eigenvalue weighted by molar-refractivity contribution is 7.89. The second-order valence-electron chi connectivity index (χ2n) is 4.65. The average molecular weight is 306 g/mol. The zero-order chi connectivity index (χ0) is 14.5. The monoisotopic (exact) mass is 305 g/mol. The van der Waals surface area contributed by atoms with Gasteiger partial charge in [0.1, 0.15) is 5.75 Å². The van der Waals surface area contributed by atoms with Gasteiger partial charge in [-0.3, -0.25) is 0 Å². The number of ether oxygens (including phenoxy) is 1. The van der Waals surface area contributed by atoms with Gasteiger partial charge in [-0.2, -0.15) is 0 Å². The maximum atomic E-state index is 11.9. The lowest BCUT2D eigenvalue weighted by Gasteiger charge is -2.16. The van der Waals surface area contributed by atoms with Crippen LogP contribution in [0.5, 0.6) is 5.75 Å². The lowest BCUT2D eigenvalue weighted by molar-refractivity contribution is 0.414. The van der Waals surface area contributed by atoms with Crippen LogP contribution >= 0.6 is 11.6 Å². The molecule has 1 aromatic carbocycles. The number of rotatable bonds is 7. The van der Waals surface area contributed by atoms with E-state index < -0.39 is 10.0 Å². The maximum absolute atomic E-state index is 11.9. The molecule has 4 nitrogen and oxygen atoms in total. The summed E-state index contributed by atoms with van der Waals surface area (Å²) in [6.45, 7) is 3.62. The number of alkyl halides is 1. The van der Waals surface area contributed by atoms with E-state index in [0.29, 0.717) is 5.88 Å². The van der Waals surface area contributed by atoms with Crippen molar-refractivity contribution in [2.45, 2.75) is 19.9 Å². The highest BCUT2D eigenvalue weighted by Gasteiger charge is 2.18. The standard InChI is InChI=1S/C13H20ClNO3S/c1-10(8-14)9-19(16,17)15-11(2)12-4-6-13(18-3)7-5-12/h4-7,10-11,15H,8-9H2,1-3H3/t10?,11-/m1/s1. The SMILES string of the molecule is COc1ccc([C@@H](C)NS(=O)(=O)CC(C)CCl)cc1. The fourth-order valence-electron chi connectivity index (χ4n) is 1.70. The van der Waals surface area contributed by atoms with Crippen molar-refractivity contribution < 1.29 is 13.2 Å². The molecule has 1 N–H and O–H groups in total. The minimum Gasteiger partial charge on any atom is -0.497 e. The van der Waals surface area contributed by atoms with E-state index in [1.165, 1.54) is 0 Å². The minimum atomic E-state index is -3.32. The van der Waals surface area contributed by atoms with Crippen LogP contribution in [0.25, 0.3) is 0 Å². The lowest BCUT2D eigenvalue weighted by atomic mass is 10.1. The average Bonchev–Trinajstić information content (AvgIpc) is 2.37. The predicted octanol–water partition coefficient (Wildman–Crippen LogP) is 2.55. The fraction of sp³-hybridized carbons (Fsp3) is 0.538. The molecule has 0 saturated carbocycles. The molecule has 0 aliphatic heterocycles. The van der Waals surface area contributed by atoms with Gasteiger partial charge in [-0.25, -0.2) is 13.1 Å². The molecule has 0 spiro atoms. The number of methoxy groups -OCH3 is 1. The topological polar surface area (TPSA) is 55.4 Å². The zero-order valence-electron chi connectivity index (χ0n) is 11.4. The molecule has 1 rings (SSSR count). The van der Waals surface area contributed by atoms with Gasteiger partial charge >= 0.3 is 0 Å². The molecule has 2 atom stereocenters. The lowest BCUT2D eigenvalue weighted by Crippen LogP contribution is -2.31. The Morgan fingerprint density at radius 2 is 1.84 bits per heavy atom.